The molecule has 0 radical (unpaired) electrons. The van der Waals surface area contributed by atoms with E-state index in [9.17, 15) is 15.3 Å². The molecule has 0 amide bonds. The second-order valence-electron chi connectivity index (χ2n) is 7.49. The Balaban J connectivity index is 1.82. The Morgan fingerprint density at radius 2 is 1.17 bits per heavy atom. The van der Waals surface area contributed by atoms with Gasteiger partial charge in [-0.2, -0.15) is 0 Å². The molecular formula is C27H24O3. The van der Waals surface area contributed by atoms with Gasteiger partial charge in [0, 0.05) is 0 Å². The number of benzene rings is 4. The highest BCUT2D eigenvalue weighted by atomic mass is 16.3. The molecule has 0 spiro atoms. The smallest absolute Gasteiger partial charge is 0.116 e. The van der Waals surface area contributed by atoms with Crippen LogP contribution in [0.5, 0.6) is 11.5 Å². The summed E-state index contributed by atoms with van der Waals surface area (Å²) in [6.07, 6.45) is 1.18. The molecule has 0 aliphatic carbocycles. The van der Waals surface area contributed by atoms with Crippen LogP contribution < -0.4 is 0 Å². The second-order valence-corrected chi connectivity index (χ2v) is 7.49. The first kappa shape index (κ1) is 19.7. The zero-order chi connectivity index (χ0) is 21.0. The van der Waals surface area contributed by atoms with Gasteiger partial charge in [-0.3, -0.25) is 0 Å². The summed E-state index contributed by atoms with van der Waals surface area (Å²) in [6, 6.07) is 31.6. The fraction of sp³-hybridized carbons (Fsp3) is 0.111. The van der Waals surface area contributed by atoms with Gasteiger partial charge in [0.15, 0.2) is 0 Å². The van der Waals surface area contributed by atoms with Crippen LogP contribution in [0.4, 0.5) is 0 Å². The fourth-order valence-electron chi connectivity index (χ4n) is 3.88. The molecule has 4 aromatic rings. The number of aliphatic hydroxyl groups is 1. The van der Waals surface area contributed by atoms with Crippen LogP contribution in [-0.2, 0) is 12.0 Å². The highest BCUT2D eigenvalue weighted by molar-refractivity contribution is 5.70. The lowest BCUT2D eigenvalue weighted by Gasteiger charge is -2.32. The number of phenolic OH excluding ortho intramolecular Hbond substituents is 2. The van der Waals surface area contributed by atoms with Crippen LogP contribution in [0.2, 0.25) is 0 Å². The van der Waals surface area contributed by atoms with Gasteiger partial charge < -0.3 is 15.3 Å². The summed E-state index contributed by atoms with van der Waals surface area (Å²) in [7, 11) is 0. The van der Waals surface area contributed by atoms with Crippen LogP contribution in [-0.4, -0.2) is 15.3 Å². The maximum Gasteiger partial charge on any atom is 0.116 e. The van der Waals surface area contributed by atoms with Crippen molar-refractivity contribution >= 4 is 0 Å². The van der Waals surface area contributed by atoms with Crippen molar-refractivity contribution in [1.82, 2.24) is 0 Å². The van der Waals surface area contributed by atoms with Gasteiger partial charge in [-0.15, -0.1) is 0 Å². The second kappa shape index (κ2) is 8.44. The van der Waals surface area contributed by atoms with Crippen molar-refractivity contribution in [2.24, 2.45) is 0 Å². The number of aryl methyl sites for hydroxylation is 1. The minimum absolute atomic E-state index is 0.163. The summed E-state index contributed by atoms with van der Waals surface area (Å²) in [4.78, 5) is 0. The van der Waals surface area contributed by atoms with Crippen LogP contribution in [0.25, 0.3) is 11.1 Å². The molecule has 30 heavy (non-hydrogen) atoms. The number of rotatable bonds is 6. The van der Waals surface area contributed by atoms with Crippen LogP contribution in [0.3, 0.4) is 0 Å². The van der Waals surface area contributed by atoms with E-state index in [-0.39, 0.29) is 11.5 Å². The number of aromatic hydroxyl groups is 2. The Kier molecular flexibility index (Phi) is 5.55. The van der Waals surface area contributed by atoms with Crippen LogP contribution in [0.1, 0.15) is 23.1 Å². The molecule has 3 heteroatoms. The van der Waals surface area contributed by atoms with Gasteiger partial charge in [-0.05, 0) is 64.9 Å². The Morgan fingerprint density at radius 3 is 1.83 bits per heavy atom. The van der Waals surface area contributed by atoms with Crippen molar-refractivity contribution in [1.29, 1.82) is 0 Å². The quantitative estimate of drug-likeness (QED) is 0.396. The third kappa shape index (κ3) is 4.07. The molecule has 1 atom stereocenters. The molecule has 4 rings (SSSR count). The van der Waals surface area contributed by atoms with Crippen molar-refractivity contribution < 1.29 is 15.3 Å². The fourth-order valence-corrected chi connectivity index (χ4v) is 3.88. The average Bonchev–Trinajstić information content (AvgIpc) is 2.79. The van der Waals surface area contributed by atoms with Crippen molar-refractivity contribution in [2.45, 2.75) is 18.4 Å². The first-order chi connectivity index (χ1) is 14.6. The van der Waals surface area contributed by atoms with Gasteiger partial charge in [0.25, 0.3) is 0 Å². The summed E-state index contributed by atoms with van der Waals surface area (Å²) in [5.74, 6) is 0.366. The molecule has 0 saturated heterocycles. The average molecular weight is 396 g/mol. The summed E-state index contributed by atoms with van der Waals surface area (Å²) in [5.41, 5.74) is 3.23. The van der Waals surface area contributed by atoms with E-state index in [0.717, 1.165) is 27.8 Å². The zero-order valence-electron chi connectivity index (χ0n) is 16.6. The lowest BCUT2D eigenvalue weighted by molar-refractivity contribution is 0.0718. The molecule has 0 aromatic heterocycles. The Morgan fingerprint density at radius 1 is 0.600 bits per heavy atom. The molecular weight excluding hydrogens is 372 g/mol. The maximum absolute atomic E-state index is 12.1. The molecule has 0 aliphatic heterocycles. The summed E-state index contributed by atoms with van der Waals surface area (Å²) in [5, 5.41) is 31.5. The zero-order valence-corrected chi connectivity index (χ0v) is 16.6. The molecule has 1 unspecified atom stereocenters. The van der Waals surface area contributed by atoms with Crippen molar-refractivity contribution in [3.8, 4) is 22.6 Å². The first-order valence-electron chi connectivity index (χ1n) is 10.0. The number of hydrogen-bond acceptors (Lipinski definition) is 3. The molecule has 150 valence electrons. The predicted molar refractivity (Wildman–Crippen MR) is 119 cm³/mol. The highest BCUT2D eigenvalue weighted by Crippen LogP contribution is 2.40. The standard InChI is InChI=1S/C27H24O3/c28-23-14-10-21(11-15-23)25-8-4-5-9-26(25)27(30,22-12-16-24(29)17-13-22)19-18-20-6-2-1-3-7-20/h1-17,28-30H,18-19H2. The van der Waals surface area contributed by atoms with E-state index < -0.39 is 5.60 Å². The van der Waals surface area contributed by atoms with E-state index in [1.54, 1.807) is 36.4 Å². The van der Waals surface area contributed by atoms with E-state index >= 15 is 0 Å². The molecule has 0 fully saturated rings. The normalized spacial score (nSPS) is 13.0. The van der Waals surface area contributed by atoms with E-state index in [4.69, 9.17) is 0 Å². The first-order valence-corrected chi connectivity index (χ1v) is 10.0. The van der Waals surface area contributed by atoms with E-state index in [1.165, 1.54) is 0 Å². The largest absolute Gasteiger partial charge is 0.508 e. The SMILES string of the molecule is Oc1ccc(-c2ccccc2C(O)(CCc2ccccc2)c2ccc(O)cc2)cc1. The predicted octanol–water partition coefficient (Wildman–Crippen LogP) is 5.63. The Bertz CT molecular complexity index is 1100. The van der Waals surface area contributed by atoms with Gasteiger partial charge in [-0.25, -0.2) is 0 Å². The lowest BCUT2D eigenvalue weighted by Crippen LogP contribution is -2.29. The van der Waals surface area contributed by atoms with Gasteiger partial charge in [0.1, 0.15) is 17.1 Å². The van der Waals surface area contributed by atoms with Crippen molar-refractivity contribution in [3.05, 3.63) is 120 Å². The Hall–Kier alpha value is -3.56. The van der Waals surface area contributed by atoms with Gasteiger partial charge in [0.2, 0.25) is 0 Å². The van der Waals surface area contributed by atoms with Gasteiger partial charge >= 0.3 is 0 Å². The third-order valence-electron chi connectivity index (χ3n) is 5.51. The van der Waals surface area contributed by atoms with Crippen LogP contribution in [0, 0.1) is 0 Å². The molecule has 0 saturated carbocycles. The van der Waals surface area contributed by atoms with Gasteiger partial charge in [-0.1, -0.05) is 78.9 Å². The summed E-state index contributed by atoms with van der Waals surface area (Å²) < 4.78 is 0. The highest BCUT2D eigenvalue weighted by Gasteiger charge is 2.33. The minimum atomic E-state index is -1.25. The summed E-state index contributed by atoms with van der Waals surface area (Å²) >= 11 is 0. The van der Waals surface area contributed by atoms with Crippen LogP contribution in [0.15, 0.2) is 103 Å². The van der Waals surface area contributed by atoms with Gasteiger partial charge in [0.05, 0.1) is 0 Å². The topological polar surface area (TPSA) is 60.7 Å². The Labute approximate surface area is 176 Å². The molecule has 3 nitrogen and oxygen atoms in total. The van der Waals surface area contributed by atoms with Crippen molar-refractivity contribution in [3.63, 3.8) is 0 Å². The number of hydrogen-bond donors (Lipinski definition) is 3. The minimum Gasteiger partial charge on any atom is -0.508 e. The third-order valence-corrected chi connectivity index (χ3v) is 5.51. The lowest BCUT2D eigenvalue weighted by atomic mass is 9.78. The maximum atomic E-state index is 12.1. The van der Waals surface area contributed by atoms with E-state index in [0.29, 0.717) is 12.8 Å². The van der Waals surface area contributed by atoms with Crippen molar-refractivity contribution in [2.75, 3.05) is 0 Å². The summed E-state index contributed by atoms with van der Waals surface area (Å²) in [6.45, 7) is 0. The molecule has 0 heterocycles. The molecule has 0 bridgehead atoms. The monoisotopic (exact) mass is 396 g/mol. The molecule has 4 aromatic carbocycles. The molecule has 3 N–H and O–H groups in total. The van der Waals surface area contributed by atoms with E-state index in [2.05, 4.69) is 12.1 Å². The number of phenols is 2. The molecule has 0 aliphatic rings. The van der Waals surface area contributed by atoms with E-state index in [1.807, 2.05) is 54.6 Å². The van der Waals surface area contributed by atoms with Crippen LogP contribution >= 0.6 is 0 Å².